The van der Waals surface area contributed by atoms with Gasteiger partial charge in [0.15, 0.2) is 46.0 Å². The van der Waals surface area contributed by atoms with Crippen molar-refractivity contribution in [2.24, 2.45) is 0 Å². The minimum Gasteiger partial charge on any atom is -0.505 e. The second-order valence-electron chi connectivity index (χ2n) is 17.0. The van der Waals surface area contributed by atoms with Crippen molar-refractivity contribution in [2.75, 3.05) is 9.80 Å². The summed E-state index contributed by atoms with van der Waals surface area (Å²) in [7, 11) is 0. The van der Waals surface area contributed by atoms with Crippen LogP contribution in [0.25, 0.3) is 11.1 Å². The van der Waals surface area contributed by atoms with Gasteiger partial charge in [0.2, 0.25) is 0 Å². The van der Waals surface area contributed by atoms with Crippen molar-refractivity contribution >= 4 is 81.2 Å². The van der Waals surface area contributed by atoms with Crippen molar-refractivity contribution in [3.8, 4) is 62.9 Å². The van der Waals surface area contributed by atoms with Crippen molar-refractivity contribution in [3.05, 3.63) is 212 Å². The van der Waals surface area contributed by atoms with Crippen LogP contribution in [0.3, 0.4) is 0 Å². The number of rotatable bonds is 7. The molecule has 340 valence electrons. The van der Waals surface area contributed by atoms with Crippen molar-refractivity contribution in [1.82, 2.24) is 0 Å². The number of nitrogens with zero attached hydrogens (tertiary/aromatic N) is 2. The minimum absolute atomic E-state index is 0.0767. The molecule has 0 unspecified atom stereocenters. The molecule has 10 aromatic rings. The summed E-state index contributed by atoms with van der Waals surface area (Å²) in [6.07, 6.45) is 0. The third-order valence-electron chi connectivity index (χ3n) is 12.6. The van der Waals surface area contributed by atoms with Crippen LogP contribution < -0.4 is 28.7 Å². The molecule has 14 rings (SSSR count). The van der Waals surface area contributed by atoms with Crippen molar-refractivity contribution < 1.29 is 24.1 Å². The van der Waals surface area contributed by atoms with Crippen LogP contribution in [-0.4, -0.2) is 5.11 Å². The van der Waals surface area contributed by atoms with E-state index in [9.17, 15) is 5.11 Å². The van der Waals surface area contributed by atoms with Gasteiger partial charge in [0.1, 0.15) is 5.75 Å². The van der Waals surface area contributed by atoms with Crippen LogP contribution in [0.2, 0.25) is 0 Å². The molecule has 11 heteroatoms. The van der Waals surface area contributed by atoms with Gasteiger partial charge in [-0.15, -0.1) is 0 Å². The number of hydrogen-bond donors (Lipinski definition) is 1. The Kier molecular flexibility index (Phi) is 10.2. The molecule has 4 aliphatic rings. The number of phenolic OH excluding ortho intramolecular Hbond substituents is 1. The standard InChI is InChI=1S/C60H36N2O5S4/c63-60-42(62(37-22-28-47-49(32-37)66-45-16-6-4-14-43(45)64-47)38-23-29-48-50(33-38)67-46-17-7-5-15-44(46)65-48)27-26-41(59(60)36-12-2-1-3-13-36)61(39-24-30-55-57(34-39)70-53-20-10-8-18-51(53)68-55)40-25-31-56-58(35-40)71-54-21-11-9-19-52(54)69-56/h1-35,63H. The summed E-state index contributed by atoms with van der Waals surface area (Å²) in [4.78, 5) is 14.0. The molecular weight excluding hydrogens is 957 g/mol. The molecule has 10 aromatic carbocycles. The van der Waals surface area contributed by atoms with Crippen LogP contribution >= 0.6 is 47.0 Å². The quantitative estimate of drug-likeness (QED) is 0.166. The lowest BCUT2D eigenvalue weighted by Gasteiger charge is -2.33. The molecule has 0 fully saturated rings. The van der Waals surface area contributed by atoms with Crippen molar-refractivity contribution in [3.63, 3.8) is 0 Å². The molecule has 0 saturated carbocycles. The van der Waals surface area contributed by atoms with E-state index in [2.05, 4.69) is 108 Å². The topological polar surface area (TPSA) is 63.6 Å². The van der Waals surface area contributed by atoms with E-state index in [4.69, 9.17) is 18.9 Å². The van der Waals surface area contributed by atoms with E-state index in [-0.39, 0.29) is 5.75 Å². The van der Waals surface area contributed by atoms with Gasteiger partial charge in [-0.2, -0.15) is 0 Å². The molecule has 4 heterocycles. The molecule has 0 aromatic heterocycles. The largest absolute Gasteiger partial charge is 0.505 e. The maximum atomic E-state index is 13.4. The summed E-state index contributed by atoms with van der Waals surface area (Å²) >= 11 is 7.17. The summed E-state index contributed by atoms with van der Waals surface area (Å²) in [6.45, 7) is 0. The SMILES string of the molecule is Oc1c(N(c2ccc3c(c2)Oc2ccccc2O3)c2ccc3c(c2)Oc2ccccc2O3)ccc(N(c2ccc3c(c2)Sc2ccccc2S3)c2ccc3c(c2)Sc2ccccc2S3)c1-c1ccccc1. The molecule has 0 radical (unpaired) electrons. The first-order valence-electron chi connectivity index (χ1n) is 22.9. The van der Waals surface area contributed by atoms with Gasteiger partial charge in [-0.1, -0.05) is 126 Å². The molecule has 71 heavy (non-hydrogen) atoms. The second kappa shape index (κ2) is 17.3. The fraction of sp³-hybridized carbons (Fsp3) is 0. The maximum absolute atomic E-state index is 13.4. The fourth-order valence-corrected chi connectivity index (χ4v) is 13.8. The molecule has 0 amide bonds. The average molecular weight is 993 g/mol. The van der Waals surface area contributed by atoms with Gasteiger partial charge in [-0.3, -0.25) is 0 Å². The van der Waals surface area contributed by atoms with E-state index < -0.39 is 0 Å². The highest BCUT2D eigenvalue weighted by Gasteiger charge is 2.30. The van der Waals surface area contributed by atoms with E-state index in [1.54, 1.807) is 47.0 Å². The number of anilines is 6. The van der Waals surface area contributed by atoms with Crippen molar-refractivity contribution in [1.29, 1.82) is 0 Å². The first kappa shape index (κ1) is 42.1. The van der Waals surface area contributed by atoms with Crippen molar-refractivity contribution in [2.45, 2.75) is 39.2 Å². The number of aromatic hydroxyl groups is 1. The highest BCUT2D eigenvalue weighted by molar-refractivity contribution is 8.05. The van der Waals surface area contributed by atoms with Crippen LogP contribution in [-0.2, 0) is 0 Å². The van der Waals surface area contributed by atoms with Crippen LogP contribution in [0.1, 0.15) is 0 Å². The number of ether oxygens (including phenoxy) is 4. The third kappa shape index (κ3) is 7.51. The number of hydrogen-bond acceptors (Lipinski definition) is 11. The Morgan fingerprint density at radius 1 is 0.282 bits per heavy atom. The van der Waals surface area contributed by atoms with Gasteiger partial charge >= 0.3 is 0 Å². The molecule has 0 bridgehead atoms. The minimum atomic E-state index is 0.0767. The van der Waals surface area contributed by atoms with E-state index in [0.717, 1.165) is 34.0 Å². The van der Waals surface area contributed by atoms with Crippen LogP contribution in [0, 0.1) is 0 Å². The number of fused-ring (bicyclic) bond motifs is 8. The van der Waals surface area contributed by atoms with Gasteiger partial charge in [0, 0.05) is 68.2 Å². The van der Waals surface area contributed by atoms with E-state index in [0.29, 0.717) is 57.2 Å². The smallest absolute Gasteiger partial charge is 0.172 e. The summed E-state index contributed by atoms with van der Waals surface area (Å²) < 4.78 is 25.6. The Bertz CT molecular complexity index is 3600. The Hall–Kier alpha value is -7.80. The molecule has 0 aliphatic carbocycles. The predicted molar refractivity (Wildman–Crippen MR) is 285 cm³/mol. The van der Waals surface area contributed by atoms with E-state index >= 15 is 0 Å². The molecule has 1 N–H and O–H groups in total. The van der Waals surface area contributed by atoms with Crippen LogP contribution in [0.4, 0.5) is 34.1 Å². The summed E-state index contributed by atoms with van der Waals surface area (Å²) in [5.74, 6) is 4.85. The van der Waals surface area contributed by atoms with Gasteiger partial charge < -0.3 is 33.9 Å². The van der Waals surface area contributed by atoms with Gasteiger partial charge in [-0.05, 0) is 127 Å². The summed E-state index contributed by atoms with van der Waals surface area (Å²) in [5, 5.41) is 13.4. The zero-order valence-electron chi connectivity index (χ0n) is 37.3. The zero-order valence-corrected chi connectivity index (χ0v) is 40.6. The Morgan fingerprint density at radius 2 is 0.620 bits per heavy atom. The van der Waals surface area contributed by atoms with Gasteiger partial charge in [0.05, 0.1) is 22.7 Å². The Morgan fingerprint density at radius 3 is 1.10 bits per heavy atom. The molecule has 0 spiro atoms. The van der Waals surface area contributed by atoms with Crippen LogP contribution in [0.5, 0.6) is 51.7 Å². The summed E-state index contributed by atoms with van der Waals surface area (Å²) in [5.41, 5.74) is 6.20. The normalized spacial score (nSPS) is 13.1. The molecule has 4 aliphatic heterocycles. The highest BCUT2D eigenvalue weighted by atomic mass is 32.2. The number of phenols is 1. The lowest BCUT2D eigenvalue weighted by Crippen LogP contribution is -2.15. The number of benzene rings is 10. The highest BCUT2D eigenvalue weighted by Crippen LogP contribution is 2.57. The Labute approximate surface area is 426 Å². The van der Waals surface area contributed by atoms with Crippen LogP contribution in [0.15, 0.2) is 251 Å². The molecule has 7 nitrogen and oxygen atoms in total. The Balaban J connectivity index is 0.961. The molecule has 0 atom stereocenters. The first-order valence-corrected chi connectivity index (χ1v) is 26.2. The monoisotopic (exact) mass is 992 g/mol. The lowest BCUT2D eigenvalue weighted by atomic mass is 9.98. The van der Waals surface area contributed by atoms with E-state index in [1.165, 1.54) is 39.2 Å². The maximum Gasteiger partial charge on any atom is 0.172 e. The second-order valence-corrected chi connectivity index (χ2v) is 21.3. The average Bonchev–Trinajstić information content (AvgIpc) is 3.41. The lowest BCUT2D eigenvalue weighted by molar-refractivity contribution is 0.359. The fourth-order valence-electron chi connectivity index (χ4n) is 9.30. The van der Waals surface area contributed by atoms with Gasteiger partial charge in [-0.25, -0.2) is 0 Å². The number of para-hydroxylation sites is 4. The first-order chi connectivity index (χ1) is 35.0. The predicted octanol–water partition coefficient (Wildman–Crippen LogP) is 19.0. The third-order valence-corrected chi connectivity index (χ3v) is 17.7. The summed E-state index contributed by atoms with van der Waals surface area (Å²) in [6, 6.07) is 71.7. The van der Waals surface area contributed by atoms with Gasteiger partial charge in [0.25, 0.3) is 0 Å². The zero-order chi connectivity index (χ0) is 47.0. The molecular formula is C60H36N2O5S4. The van der Waals surface area contributed by atoms with E-state index in [1.807, 2.05) is 114 Å². The molecule has 0 saturated heterocycles.